The first-order valence-corrected chi connectivity index (χ1v) is 5.74. The molecule has 0 radical (unpaired) electrons. The Hall–Kier alpha value is -0.590. The molecular formula is C7H13F3NO4P. The maximum Gasteiger partial charge on any atom is 0.412 e. The molecule has 0 fully saturated rings. The van der Waals surface area contributed by atoms with Crippen LogP contribution in [0.15, 0.2) is 0 Å². The van der Waals surface area contributed by atoms with Gasteiger partial charge in [0.1, 0.15) is 6.04 Å². The highest BCUT2D eigenvalue weighted by molar-refractivity contribution is 7.36. The van der Waals surface area contributed by atoms with Gasteiger partial charge < -0.3 is 9.26 Å². The average Bonchev–Trinajstić information content (AvgIpc) is 2.14. The molecule has 0 spiro atoms. The quantitative estimate of drug-likeness (QED) is 0.581. The van der Waals surface area contributed by atoms with Crippen LogP contribution in [-0.4, -0.2) is 31.4 Å². The van der Waals surface area contributed by atoms with Gasteiger partial charge in [0, 0.05) is 0 Å². The van der Waals surface area contributed by atoms with Gasteiger partial charge in [-0.15, -0.1) is 0 Å². The Morgan fingerprint density at radius 3 is 2.50 bits per heavy atom. The second-order valence-electron chi connectivity index (χ2n) is 2.81. The largest absolute Gasteiger partial charge is 0.465 e. The summed E-state index contributed by atoms with van der Waals surface area (Å²) < 4.78 is 54.5. The molecule has 5 nitrogen and oxygen atoms in total. The van der Waals surface area contributed by atoms with Crippen molar-refractivity contribution < 1.29 is 31.8 Å². The van der Waals surface area contributed by atoms with Crippen molar-refractivity contribution in [3.8, 4) is 0 Å². The molecule has 0 saturated carbocycles. The third kappa shape index (κ3) is 7.67. The van der Waals surface area contributed by atoms with Gasteiger partial charge in [-0.3, -0.25) is 9.36 Å². The van der Waals surface area contributed by atoms with E-state index in [1.54, 1.807) is 6.92 Å². The zero-order chi connectivity index (χ0) is 12.8. The van der Waals surface area contributed by atoms with Crippen molar-refractivity contribution in [3.63, 3.8) is 0 Å². The Labute approximate surface area is 91.2 Å². The van der Waals surface area contributed by atoms with Crippen LogP contribution in [0.2, 0.25) is 0 Å². The van der Waals surface area contributed by atoms with Gasteiger partial charge in [-0.25, -0.2) is 5.09 Å². The van der Waals surface area contributed by atoms with Gasteiger partial charge in [-0.2, -0.15) is 13.2 Å². The van der Waals surface area contributed by atoms with Gasteiger partial charge in [0.2, 0.25) is 0 Å². The number of rotatable bonds is 6. The zero-order valence-electron chi connectivity index (χ0n) is 8.76. The van der Waals surface area contributed by atoms with Crippen LogP contribution >= 0.6 is 8.18 Å². The number of halogens is 3. The van der Waals surface area contributed by atoms with E-state index >= 15 is 0 Å². The van der Waals surface area contributed by atoms with Crippen molar-refractivity contribution in [2.75, 3.05) is 13.2 Å². The number of esters is 1. The number of hydrogen-bond acceptors (Lipinski definition) is 4. The van der Waals surface area contributed by atoms with Crippen molar-refractivity contribution in [1.29, 1.82) is 0 Å². The van der Waals surface area contributed by atoms with Gasteiger partial charge in [0.05, 0.1) is 6.61 Å². The highest BCUT2D eigenvalue weighted by Crippen LogP contribution is 2.24. The summed E-state index contributed by atoms with van der Waals surface area (Å²) in [5, 5.41) is 2.09. The molecule has 0 bridgehead atoms. The second-order valence-corrected chi connectivity index (χ2v) is 3.96. The minimum atomic E-state index is -4.55. The number of nitrogens with one attached hydrogen (secondary N) is 1. The number of ether oxygens (including phenoxy) is 1. The SMILES string of the molecule is CCOC(=O)C(C)N[PH](=O)OCC(F)(F)F. The van der Waals surface area contributed by atoms with Crippen molar-refractivity contribution in [2.45, 2.75) is 26.1 Å². The maximum absolute atomic E-state index is 11.7. The predicted molar refractivity (Wildman–Crippen MR) is 50.2 cm³/mol. The lowest BCUT2D eigenvalue weighted by Gasteiger charge is -2.13. The van der Waals surface area contributed by atoms with Crippen molar-refractivity contribution in [3.05, 3.63) is 0 Å². The van der Waals surface area contributed by atoms with Crippen LogP contribution in [0.25, 0.3) is 0 Å². The zero-order valence-corrected chi connectivity index (χ0v) is 9.76. The number of carbonyl (C=O) groups excluding carboxylic acids is 1. The molecule has 2 unspecified atom stereocenters. The van der Waals surface area contributed by atoms with Gasteiger partial charge in [0.25, 0.3) is 8.18 Å². The van der Waals surface area contributed by atoms with Crippen molar-refractivity contribution in [1.82, 2.24) is 5.09 Å². The van der Waals surface area contributed by atoms with Crippen LogP contribution in [0.3, 0.4) is 0 Å². The summed E-state index contributed by atoms with van der Waals surface area (Å²) in [4.78, 5) is 11.0. The molecule has 2 atom stereocenters. The molecule has 0 saturated heterocycles. The molecule has 0 aliphatic rings. The fourth-order valence-electron chi connectivity index (χ4n) is 0.692. The Bertz CT molecular complexity index is 259. The molecule has 1 N–H and O–H groups in total. The van der Waals surface area contributed by atoms with Gasteiger partial charge in [-0.1, -0.05) is 0 Å². The van der Waals surface area contributed by atoms with Crippen LogP contribution in [0.5, 0.6) is 0 Å². The molecule has 0 aliphatic carbocycles. The summed E-state index contributed by atoms with van der Waals surface area (Å²) in [5.41, 5.74) is 0. The standard InChI is InChI=1S/C7H13F3NO4P/c1-3-14-6(12)5(2)11-16(13)15-4-7(8,9)10/h5,16H,3-4H2,1-2H3,(H,11,13). The molecule has 9 heteroatoms. The van der Waals surface area contributed by atoms with Crippen LogP contribution in [0, 0.1) is 0 Å². The monoisotopic (exact) mass is 263 g/mol. The van der Waals surface area contributed by atoms with Gasteiger partial charge in [-0.05, 0) is 13.8 Å². The van der Waals surface area contributed by atoms with E-state index in [-0.39, 0.29) is 6.61 Å². The Balaban J connectivity index is 3.92. The van der Waals surface area contributed by atoms with E-state index in [9.17, 15) is 22.5 Å². The topological polar surface area (TPSA) is 64.6 Å². The molecule has 0 aliphatic heterocycles. The van der Waals surface area contributed by atoms with Crippen LogP contribution in [0.1, 0.15) is 13.8 Å². The Morgan fingerprint density at radius 1 is 1.50 bits per heavy atom. The molecule has 0 aromatic carbocycles. The lowest BCUT2D eigenvalue weighted by atomic mass is 10.4. The molecule has 96 valence electrons. The Kier molecular flexibility index (Phi) is 6.62. The first kappa shape index (κ1) is 15.4. The van der Waals surface area contributed by atoms with E-state index < -0.39 is 33.0 Å². The summed E-state index contributed by atoms with van der Waals surface area (Å²) in [5.74, 6) is -0.698. The average molecular weight is 263 g/mol. The minimum absolute atomic E-state index is 0.134. The van der Waals surface area contributed by atoms with Gasteiger partial charge >= 0.3 is 12.1 Å². The summed E-state index contributed by atoms with van der Waals surface area (Å²) in [6.07, 6.45) is -4.55. The first-order chi connectivity index (χ1) is 7.26. The highest BCUT2D eigenvalue weighted by atomic mass is 31.1. The van der Waals surface area contributed by atoms with E-state index in [0.717, 1.165) is 0 Å². The molecular weight excluding hydrogens is 250 g/mol. The van der Waals surface area contributed by atoms with Crippen LogP contribution < -0.4 is 5.09 Å². The summed E-state index contributed by atoms with van der Waals surface area (Å²) in [6.45, 7) is 1.41. The minimum Gasteiger partial charge on any atom is -0.465 e. The summed E-state index contributed by atoms with van der Waals surface area (Å²) >= 11 is 0. The number of alkyl halides is 3. The van der Waals surface area contributed by atoms with Gasteiger partial charge in [0.15, 0.2) is 6.61 Å². The highest BCUT2D eigenvalue weighted by Gasteiger charge is 2.29. The third-order valence-corrected chi connectivity index (χ3v) is 2.42. The fraction of sp³-hybridized carbons (Fsp3) is 0.857. The van der Waals surface area contributed by atoms with Crippen molar-refractivity contribution in [2.24, 2.45) is 0 Å². The number of carbonyl (C=O) groups is 1. The molecule has 0 rings (SSSR count). The molecule has 0 amide bonds. The van der Waals surface area contributed by atoms with E-state index in [1.165, 1.54) is 6.92 Å². The number of hydrogen-bond donors (Lipinski definition) is 1. The van der Waals surface area contributed by atoms with E-state index in [4.69, 9.17) is 0 Å². The third-order valence-electron chi connectivity index (χ3n) is 1.34. The molecule has 16 heavy (non-hydrogen) atoms. The van der Waals surface area contributed by atoms with Crippen LogP contribution in [-0.2, 0) is 18.6 Å². The maximum atomic E-state index is 11.7. The van der Waals surface area contributed by atoms with Crippen LogP contribution in [0.4, 0.5) is 13.2 Å². The Morgan fingerprint density at radius 2 is 2.06 bits per heavy atom. The fourth-order valence-corrected chi connectivity index (χ4v) is 1.54. The van der Waals surface area contributed by atoms with Crippen molar-refractivity contribution >= 4 is 14.1 Å². The predicted octanol–water partition coefficient (Wildman–Crippen LogP) is 1.50. The van der Waals surface area contributed by atoms with E-state index in [2.05, 4.69) is 14.3 Å². The molecule has 0 aromatic rings. The summed E-state index contributed by atoms with van der Waals surface area (Å²) in [6, 6.07) is -0.973. The second kappa shape index (κ2) is 6.88. The van der Waals surface area contributed by atoms with E-state index in [0.29, 0.717) is 0 Å². The summed E-state index contributed by atoms with van der Waals surface area (Å²) in [7, 11) is -3.11. The lowest BCUT2D eigenvalue weighted by Crippen LogP contribution is -2.31. The molecule has 0 heterocycles. The molecule has 0 aromatic heterocycles. The normalized spacial score (nSPS) is 15.6. The first-order valence-electron chi connectivity index (χ1n) is 4.43. The smallest absolute Gasteiger partial charge is 0.412 e. The lowest BCUT2D eigenvalue weighted by molar-refractivity contribution is -0.152. The van der Waals surface area contributed by atoms with E-state index in [1.807, 2.05) is 0 Å².